The number of ether oxygens (including phenoxy) is 1. The number of rotatable bonds is 8. The number of hydrogen-bond donors (Lipinski definition) is 3. The number of carboxylic acid groups (broad SMARTS) is 1. The third-order valence-electron chi connectivity index (χ3n) is 4.54. The molecule has 0 bridgehead atoms. The van der Waals surface area contributed by atoms with E-state index in [1.54, 1.807) is 24.3 Å². The first kappa shape index (κ1) is 19.4. The number of amides is 2. The van der Waals surface area contributed by atoms with Gasteiger partial charge >= 0.3 is 5.97 Å². The summed E-state index contributed by atoms with van der Waals surface area (Å²) in [5.74, 6) is -1.11. The molecule has 2 aromatic carbocycles. The van der Waals surface area contributed by atoms with Crippen molar-refractivity contribution in [3.05, 3.63) is 65.7 Å². The van der Waals surface area contributed by atoms with Gasteiger partial charge < -0.3 is 20.5 Å². The first-order valence-corrected chi connectivity index (χ1v) is 9.09. The Kier molecular flexibility index (Phi) is 6.26. The number of carbonyl (C=O) groups excluding carboxylic acids is 2. The highest BCUT2D eigenvalue weighted by molar-refractivity contribution is 5.92. The molecule has 0 aromatic heterocycles. The molecular formula is C21H22N2O5. The molecule has 1 fully saturated rings. The Morgan fingerprint density at radius 2 is 1.82 bits per heavy atom. The van der Waals surface area contributed by atoms with Crippen molar-refractivity contribution in [3.8, 4) is 5.75 Å². The topological polar surface area (TPSA) is 105 Å². The summed E-state index contributed by atoms with van der Waals surface area (Å²) in [7, 11) is 0. The molecule has 7 heteroatoms. The van der Waals surface area contributed by atoms with Crippen LogP contribution in [0.3, 0.4) is 0 Å². The summed E-state index contributed by atoms with van der Waals surface area (Å²) in [6.45, 7) is 0.446. The Morgan fingerprint density at radius 3 is 2.43 bits per heavy atom. The number of benzene rings is 2. The van der Waals surface area contributed by atoms with Crippen molar-refractivity contribution in [2.24, 2.45) is 0 Å². The zero-order valence-corrected chi connectivity index (χ0v) is 15.3. The van der Waals surface area contributed by atoms with Gasteiger partial charge in [-0.05, 0) is 29.7 Å². The molecule has 0 radical (unpaired) electrons. The summed E-state index contributed by atoms with van der Waals surface area (Å²) in [5.41, 5.74) is 1.81. The van der Waals surface area contributed by atoms with Gasteiger partial charge in [0.15, 0.2) is 0 Å². The Labute approximate surface area is 162 Å². The fraction of sp³-hybridized carbons (Fsp3) is 0.286. The third kappa shape index (κ3) is 5.33. The van der Waals surface area contributed by atoms with Gasteiger partial charge in [-0.1, -0.05) is 42.5 Å². The molecule has 3 rings (SSSR count). The first-order chi connectivity index (χ1) is 13.5. The number of nitrogens with one attached hydrogen (secondary N) is 2. The van der Waals surface area contributed by atoms with Gasteiger partial charge in [0.1, 0.15) is 24.4 Å². The minimum Gasteiger partial charge on any atom is -0.489 e. The summed E-state index contributed by atoms with van der Waals surface area (Å²) in [6.07, 6.45) is 0.797. The monoisotopic (exact) mass is 382 g/mol. The van der Waals surface area contributed by atoms with E-state index in [1.807, 2.05) is 30.3 Å². The van der Waals surface area contributed by atoms with Crippen LogP contribution in [0, 0.1) is 0 Å². The van der Waals surface area contributed by atoms with Crippen molar-refractivity contribution in [2.75, 3.05) is 0 Å². The molecule has 2 atom stereocenters. The maximum absolute atomic E-state index is 12.2. The van der Waals surface area contributed by atoms with E-state index < -0.39 is 24.0 Å². The summed E-state index contributed by atoms with van der Waals surface area (Å²) < 4.78 is 5.72. The highest BCUT2D eigenvalue weighted by atomic mass is 16.5. The summed E-state index contributed by atoms with van der Waals surface area (Å²) in [5, 5.41) is 14.5. The lowest BCUT2D eigenvalue weighted by Gasteiger charge is -2.17. The second kappa shape index (κ2) is 9.03. The van der Waals surface area contributed by atoms with Gasteiger partial charge in [-0.3, -0.25) is 9.59 Å². The van der Waals surface area contributed by atoms with Crippen LogP contribution >= 0.6 is 0 Å². The lowest BCUT2D eigenvalue weighted by atomic mass is 10.1. The van der Waals surface area contributed by atoms with E-state index in [4.69, 9.17) is 4.74 Å². The second-order valence-corrected chi connectivity index (χ2v) is 6.68. The van der Waals surface area contributed by atoms with E-state index in [0.29, 0.717) is 18.8 Å². The summed E-state index contributed by atoms with van der Waals surface area (Å²) >= 11 is 0. The van der Waals surface area contributed by atoms with E-state index in [-0.39, 0.29) is 18.7 Å². The van der Waals surface area contributed by atoms with Crippen LogP contribution in [0.5, 0.6) is 5.75 Å². The maximum Gasteiger partial charge on any atom is 0.326 e. The number of carbonyl (C=O) groups is 3. The zero-order valence-electron chi connectivity index (χ0n) is 15.3. The smallest absolute Gasteiger partial charge is 0.326 e. The van der Waals surface area contributed by atoms with Gasteiger partial charge in [-0.2, -0.15) is 0 Å². The quantitative estimate of drug-likeness (QED) is 0.644. The van der Waals surface area contributed by atoms with E-state index in [1.165, 1.54) is 0 Å². The van der Waals surface area contributed by atoms with Crippen molar-refractivity contribution in [2.45, 2.75) is 38.0 Å². The molecule has 0 saturated carbocycles. The molecule has 7 nitrogen and oxygen atoms in total. The van der Waals surface area contributed by atoms with Crippen LogP contribution in [0.25, 0.3) is 0 Å². The molecule has 1 saturated heterocycles. The molecule has 3 N–H and O–H groups in total. The van der Waals surface area contributed by atoms with Crippen molar-refractivity contribution in [3.63, 3.8) is 0 Å². The van der Waals surface area contributed by atoms with Crippen molar-refractivity contribution >= 4 is 17.8 Å². The van der Waals surface area contributed by atoms with Gasteiger partial charge in [0.2, 0.25) is 11.8 Å². The second-order valence-electron chi connectivity index (χ2n) is 6.68. The van der Waals surface area contributed by atoms with E-state index >= 15 is 0 Å². The molecule has 2 amide bonds. The molecular weight excluding hydrogens is 360 g/mol. The Morgan fingerprint density at radius 1 is 1.11 bits per heavy atom. The lowest BCUT2D eigenvalue weighted by molar-refractivity contribution is -0.142. The molecule has 28 heavy (non-hydrogen) atoms. The van der Waals surface area contributed by atoms with Crippen LogP contribution in [0.4, 0.5) is 0 Å². The van der Waals surface area contributed by atoms with Crippen LogP contribution in [0.2, 0.25) is 0 Å². The molecule has 0 unspecified atom stereocenters. The molecule has 1 aliphatic heterocycles. The highest BCUT2D eigenvalue weighted by Crippen LogP contribution is 2.16. The van der Waals surface area contributed by atoms with Gasteiger partial charge in [0.25, 0.3) is 0 Å². The van der Waals surface area contributed by atoms with Crippen LogP contribution in [0.15, 0.2) is 54.6 Å². The Balaban J connectivity index is 1.55. The van der Waals surface area contributed by atoms with Crippen molar-refractivity contribution < 1.29 is 24.2 Å². The minimum atomic E-state index is -1.12. The predicted octanol–water partition coefficient (Wildman–Crippen LogP) is 1.66. The molecule has 0 spiro atoms. The van der Waals surface area contributed by atoms with Crippen LogP contribution < -0.4 is 15.4 Å². The Bertz CT molecular complexity index is 836. The highest BCUT2D eigenvalue weighted by Gasteiger charge is 2.30. The predicted molar refractivity (Wildman–Crippen MR) is 102 cm³/mol. The maximum atomic E-state index is 12.2. The Hall–Kier alpha value is -3.35. The molecule has 1 heterocycles. The largest absolute Gasteiger partial charge is 0.489 e. The molecule has 2 aromatic rings. The first-order valence-electron chi connectivity index (χ1n) is 9.09. The van der Waals surface area contributed by atoms with E-state index in [9.17, 15) is 19.5 Å². The number of aliphatic carboxylic acids is 1. The SMILES string of the molecule is O=C1CC[C@@H](C(=O)N[C@@H](Cc2ccc(OCc3ccccc3)cc2)C(=O)O)N1. The van der Waals surface area contributed by atoms with Crippen LogP contribution in [0.1, 0.15) is 24.0 Å². The molecule has 146 valence electrons. The average Bonchev–Trinajstić information content (AvgIpc) is 3.14. The van der Waals surface area contributed by atoms with E-state index in [0.717, 1.165) is 11.1 Å². The number of hydrogen-bond acceptors (Lipinski definition) is 4. The standard InChI is InChI=1S/C21H22N2O5/c24-19-11-10-17(22-19)20(25)23-18(21(26)27)12-14-6-8-16(9-7-14)28-13-15-4-2-1-3-5-15/h1-9,17-18H,10-13H2,(H,22,24)(H,23,25)(H,26,27)/t17-,18-/m0/s1. The average molecular weight is 382 g/mol. The fourth-order valence-corrected chi connectivity index (χ4v) is 2.98. The number of carboxylic acids is 1. The minimum absolute atomic E-state index is 0.140. The molecule has 0 aliphatic carbocycles. The summed E-state index contributed by atoms with van der Waals surface area (Å²) in [4.78, 5) is 34.9. The van der Waals surface area contributed by atoms with Crippen LogP contribution in [-0.2, 0) is 27.4 Å². The normalized spacial score (nSPS) is 16.9. The lowest BCUT2D eigenvalue weighted by Crippen LogP contribution is -2.49. The fourth-order valence-electron chi connectivity index (χ4n) is 2.98. The van der Waals surface area contributed by atoms with Gasteiger partial charge in [-0.25, -0.2) is 4.79 Å². The van der Waals surface area contributed by atoms with Crippen LogP contribution in [-0.4, -0.2) is 35.0 Å². The van der Waals surface area contributed by atoms with Crippen molar-refractivity contribution in [1.82, 2.24) is 10.6 Å². The van der Waals surface area contributed by atoms with Gasteiger partial charge in [0, 0.05) is 12.8 Å². The third-order valence-corrected chi connectivity index (χ3v) is 4.54. The van der Waals surface area contributed by atoms with Gasteiger partial charge in [0.05, 0.1) is 0 Å². The summed E-state index contributed by atoms with van der Waals surface area (Å²) in [6, 6.07) is 15.1. The van der Waals surface area contributed by atoms with E-state index in [2.05, 4.69) is 10.6 Å². The van der Waals surface area contributed by atoms with Crippen molar-refractivity contribution in [1.29, 1.82) is 0 Å². The molecule has 1 aliphatic rings. The zero-order chi connectivity index (χ0) is 19.9. The van der Waals surface area contributed by atoms with Gasteiger partial charge in [-0.15, -0.1) is 0 Å².